The Morgan fingerprint density at radius 3 is 2.29 bits per heavy atom. The van der Waals surface area contributed by atoms with Crippen LogP contribution < -0.4 is 14.5 Å². The van der Waals surface area contributed by atoms with Gasteiger partial charge in [-0.05, 0) is 68.7 Å². The maximum atomic E-state index is 13.8. The third kappa shape index (κ3) is 4.92. The summed E-state index contributed by atoms with van der Waals surface area (Å²) in [4.78, 5) is 46.5. The van der Waals surface area contributed by atoms with Gasteiger partial charge in [0, 0.05) is 71.1 Å². The maximum Gasteiger partial charge on any atom is 0.261 e. The van der Waals surface area contributed by atoms with E-state index in [1.165, 1.54) is 11.3 Å². The predicted molar refractivity (Wildman–Crippen MR) is 161 cm³/mol. The van der Waals surface area contributed by atoms with E-state index in [9.17, 15) is 14.4 Å². The number of nitrogens with zero attached hydrogens (tertiary/aromatic N) is 3. The zero-order valence-electron chi connectivity index (χ0n) is 23.4. The topological polar surface area (TPSA) is 70.2 Å². The Hall–Kier alpha value is -4.65. The van der Waals surface area contributed by atoms with Gasteiger partial charge < -0.3 is 14.5 Å². The molecule has 7 nitrogen and oxygen atoms in total. The van der Waals surface area contributed by atoms with Crippen molar-refractivity contribution in [1.82, 2.24) is 4.90 Å². The number of carbonyl (C=O) groups excluding carboxylic acids is 3. The van der Waals surface area contributed by atoms with Gasteiger partial charge >= 0.3 is 0 Å². The quantitative estimate of drug-likeness (QED) is 0.262. The molecule has 4 aromatic carbocycles. The first-order valence-corrected chi connectivity index (χ1v) is 14.2. The van der Waals surface area contributed by atoms with E-state index in [0.717, 1.165) is 48.0 Å². The summed E-state index contributed by atoms with van der Waals surface area (Å²) in [5.41, 5.74) is 4.32. The molecule has 2 aliphatic heterocycles. The van der Waals surface area contributed by atoms with Crippen LogP contribution in [0.4, 0.5) is 11.4 Å². The number of aryl methyl sites for hydroxylation is 1. The molecule has 6 rings (SSSR count). The van der Waals surface area contributed by atoms with Crippen LogP contribution in [0.2, 0.25) is 0 Å². The lowest BCUT2D eigenvalue weighted by Crippen LogP contribution is -2.46. The van der Waals surface area contributed by atoms with Crippen LogP contribution in [0.5, 0.6) is 5.75 Å². The molecule has 0 atom stereocenters. The largest absolute Gasteiger partial charge is 0.497 e. The van der Waals surface area contributed by atoms with Crippen molar-refractivity contribution in [1.29, 1.82) is 0 Å². The molecule has 41 heavy (non-hydrogen) atoms. The summed E-state index contributed by atoms with van der Waals surface area (Å²) in [5.74, 6) is -0.280. The highest BCUT2D eigenvalue weighted by atomic mass is 16.5. The van der Waals surface area contributed by atoms with E-state index >= 15 is 0 Å². The summed E-state index contributed by atoms with van der Waals surface area (Å²) in [6.45, 7) is 4.10. The van der Waals surface area contributed by atoms with E-state index < -0.39 is 0 Å². The van der Waals surface area contributed by atoms with Gasteiger partial charge in [-0.25, -0.2) is 0 Å². The second-order valence-electron chi connectivity index (χ2n) is 10.7. The van der Waals surface area contributed by atoms with Crippen LogP contribution in [0.25, 0.3) is 10.8 Å². The fourth-order valence-corrected chi connectivity index (χ4v) is 5.92. The zero-order chi connectivity index (χ0) is 28.5. The maximum absolute atomic E-state index is 13.8. The van der Waals surface area contributed by atoms with Crippen molar-refractivity contribution in [2.45, 2.75) is 26.2 Å². The predicted octanol–water partition coefficient (Wildman–Crippen LogP) is 6.09. The number of piperidine rings is 1. The van der Waals surface area contributed by atoms with Crippen molar-refractivity contribution in [3.05, 3.63) is 101 Å². The second-order valence-corrected chi connectivity index (χ2v) is 10.7. The normalized spacial score (nSPS) is 14.9. The van der Waals surface area contributed by atoms with E-state index in [1.807, 2.05) is 61.5 Å². The summed E-state index contributed by atoms with van der Waals surface area (Å²) >= 11 is 0. The number of carbonyl (C=O) groups is 3. The highest BCUT2D eigenvalue weighted by Gasteiger charge is 2.34. The molecule has 0 aromatic heterocycles. The summed E-state index contributed by atoms with van der Waals surface area (Å²) in [6, 6.07) is 24.2. The monoisotopic (exact) mass is 547 g/mol. The fraction of sp³-hybridized carbons (Fsp3) is 0.265. The van der Waals surface area contributed by atoms with Gasteiger partial charge in [0.25, 0.3) is 17.7 Å². The Morgan fingerprint density at radius 2 is 1.56 bits per heavy atom. The lowest BCUT2D eigenvalue weighted by atomic mass is 9.92. The zero-order valence-corrected chi connectivity index (χ0v) is 23.4. The molecule has 3 amide bonds. The molecule has 0 radical (unpaired) electrons. The minimum absolute atomic E-state index is 0.0518. The number of ether oxygens (including phenoxy) is 1. The smallest absolute Gasteiger partial charge is 0.261 e. The van der Waals surface area contributed by atoms with Crippen LogP contribution in [0.15, 0.2) is 78.9 Å². The Morgan fingerprint density at radius 1 is 0.854 bits per heavy atom. The molecular weight excluding hydrogens is 514 g/mol. The molecule has 0 bridgehead atoms. The van der Waals surface area contributed by atoms with E-state index in [2.05, 4.69) is 4.90 Å². The molecule has 0 N–H and O–H groups in total. The summed E-state index contributed by atoms with van der Waals surface area (Å²) < 4.78 is 5.40. The SMILES string of the molecule is COc1cccc(N(CCN2C(=O)c3cccc4c(N5CCCCC5)ccc(c34)C2=O)C(=O)c2ccc(C)cc2)c1. The molecule has 0 saturated carbocycles. The van der Waals surface area contributed by atoms with Crippen molar-refractivity contribution >= 4 is 39.9 Å². The van der Waals surface area contributed by atoms with E-state index in [1.54, 1.807) is 36.3 Å². The molecule has 1 saturated heterocycles. The molecule has 208 valence electrons. The highest BCUT2D eigenvalue weighted by Crippen LogP contribution is 2.37. The number of amides is 3. The molecule has 7 heteroatoms. The number of hydrogen-bond donors (Lipinski definition) is 0. The van der Waals surface area contributed by atoms with Crippen LogP contribution >= 0.6 is 0 Å². The minimum Gasteiger partial charge on any atom is -0.497 e. The number of methoxy groups -OCH3 is 1. The average molecular weight is 548 g/mol. The minimum atomic E-state index is -0.336. The molecule has 1 fully saturated rings. The molecule has 0 aliphatic carbocycles. The standard InChI is InChI=1S/C34H33N3O4/c1-23-12-14-24(15-13-23)32(38)36(25-8-6-9-26(22-25)41-2)20-21-37-33(39)28-11-7-10-27-30(35-18-4-3-5-19-35)17-16-29(31(27)28)34(37)40/h6-17,22H,3-5,18-21H2,1-2H3. The lowest BCUT2D eigenvalue weighted by Gasteiger charge is -2.33. The van der Waals surface area contributed by atoms with Crippen LogP contribution in [0.1, 0.15) is 55.9 Å². The third-order valence-corrected chi connectivity index (χ3v) is 8.12. The number of rotatable bonds is 7. The first-order valence-electron chi connectivity index (χ1n) is 14.2. The number of hydrogen-bond acceptors (Lipinski definition) is 5. The second kappa shape index (κ2) is 11.1. The Kier molecular flexibility index (Phi) is 7.18. The van der Waals surface area contributed by atoms with Crippen molar-refractivity contribution in [2.75, 3.05) is 43.1 Å². The van der Waals surface area contributed by atoms with Crippen LogP contribution in [0, 0.1) is 6.92 Å². The molecule has 4 aromatic rings. The third-order valence-electron chi connectivity index (χ3n) is 8.12. The Bertz CT molecular complexity index is 1620. The van der Waals surface area contributed by atoms with Gasteiger partial charge in [-0.2, -0.15) is 0 Å². The summed E-state index contributed by atoms with van der Waals surface area (Å²) in [6.07, 6.45) is 3.50. The first kappa shape index (κ1) is 26.6. The Labute approximate surface area is 239 Å². The molecule has 2 aliphatic rings. The number of anilines is 2. The van der Waals surface area contributed by atoms with Crippen LogP contribution in [-0.2, 0) is 0 Å². The van der Waals surface area contributed by atoms with Crippen LogP contribution in [0.3, 0.4) is 0 Å². The van der Waals surface area contributed by atoms with E-state index in [4.69, 9.17) is 4.74 Å². The summed E-state index contributed by atoms with van der Waals surface area (Å²) in [5, 5.41) is 1.66. The van der Waals surface area contributed by atoms with Crippen molar-refractivity contribution in [3.8, 4) is 5.75 Å². The summed E-state index contributed by atoms with van der Waals surface area (Å²) in [7, 11) is 1.57. The van der Waals surface area contributed by atoms with Gasteiger partial charge in [-0.15, -0.1) is 0 Å². The molecule has 0 unspecified atom stereocenters. The first-order chi connectivity index (χ1) is 20.0. The van der Waals surface area contributed by atoms with Gasteiger partial charge in [0.1, 0.15) is 5.75 Å². The fourth-order valence-electron chi connectivity index (χ4n) is 5.92. The van der Waals surface area contributed by atoms with Gasteiger partial charge in [-0.3, -0.25) is 19.3 Å². The van der Waals surface area contributed by atoms with Crippen LogP contribution in [-0.4, -0.2) is 55.9 Å². The molecule has 0 spiro atoms. The van der Waals surface area contributed by atoms with Gasteiger partial charge in [0.15, 0.2) is 0 Å². The number of imide groups is 1. The van der Waals surface area contributed by atoms with Crippen molar-refractivity contribution in [2.24, 2.45) is 0 Å². The van der Waals surface area contributed by atoms with Gasteiger partial charge in [0.2, 0.25) is 0 Å². The lowest BCUT2D eigenvalue weighted by molar-refractivity contribution is 0.0611. The highest BCUT2D eigenvalue weighted by molar-refractivity contribution is 6.26. The molecular formula is C34H33N3O4. The van der Waals surface area contributed by atoms with Crippen molar-refractivity contribution in [3.63, 3.8) is 0 Å². The molecule has 2 heterocycles. The van der Waals surface area contributed by atoms with Gasteiger partial charge in [0.05, 0.1) is 7.11 Å². The average Bonchev–Trinajstić information content (AvgIpc) is 3.02. The van der Waals surface area contributed by atoms with Gasteiger partial charge in [-0.1, -0.05) is 35.9 Å². The van der Waals surface area contributed by atoms with E-state index in [0.29, 0.717) is 28.1 Å². The van der Waals surface area contributed by atoms with Crippen molar-refractivity contribution < 1.29 is 19.1 Å². The number of benzene rings is 4. The Balaban J connectivity index is 1.32. The van der Waals surface area contributed by atoms with E-state index in [-0.39, 0.29) is 30.8 Å².